The van der Waals surface area contributed by atoms with Crippen LogP contribution in [0.15, 0.2) is 24.3 Å². The lowest BCUT2D eigenvalue weighted by Gasteiger charge is -2.35. The van der Waals surface area contributed by atoms with E-state index in [4.69, 9.17) is 11.6 Å². The Morgan fingerprint density at radius 1 is 1.48 bits per heavy atom. The molecule has 3 unspecified atom stereocenters. The van der Waals surface area contributed by atoms with Gasteiger partial charge < -0.3 is 4.90 Å². The molecule has 3 nitrogen and oxygen atoms in total. The van der Waals surface area contributed by atoms with Gasteiger partial charge in [0.15, 0.2) is 0 Å². The number of halogens is 1. The van der Waals surface area contributed by atoms with E-state index >= 15 is 0 Å². The van der Waals surface area contributed by atoms with Crippen LogP contribution in [0.25, 0.3) is 0 Å². The Labute approximate surface area is 135 Å². The third kappa shape index (κ3) is 3.08. The predicted octanol–water partition coefficient (Wildman–Crippen LogP) is 3.44. The van der Waals surface area contributed by atoms with Crippen molar-refractivity contribution in [2.45, 2.75) is 44.4 Å². The van der Waals surface area contributed by atoms with Gasteiger partial charge in [-0.25, -0.2) is 0 Å². The molecule has 2 heterocycles. The predicted molar refractivity (Wildman–Crippen MR) is 88.6 cm³/mol. The van der Waals surface area contributed by atoms with Gasteiger partial charge in [0.1, 0.15) is 6.17 Å². The molecule has 0 aliphatic carbocycles. The molecule has 0 radical (unpaired) electrons. The number of carbonyl (C=O) groups excluding carboxylic acids is 1. The summed E-state index contributed by atoms with van der Waals surface area (Å²) < 4.78 is 0. The molecule has 3 atom stereocenters. The van der Waals surface area contributed by atoms with Crippen LogP contribution in [-0.4, -0.2) is 34.4 Å². The first-order valence-corrected chi connectivity index (χ1v) is 9.15. The van der Waals surface area contributed by atoms with E-state index in [9.17, 15) is 4.79 Å². The Balaban J connectivity index is 1.90. The second kappa shape index (κ2) is 6.59. The maximum Gasteiger partial charge on any atom is 0.241 e. The highest BCUT2D eigenvalue weighted by molar-refractivity contribution is 7.99. The molecule has 0 aromatic heterocycles. The number of nitrogens with one attached hydrogen (secondary N) is 1. The largest absolute Gasteiger partial charge is 0.318 e. The van der Waals surface area contributed by atoms with E-state index in [1.807, 2.05) is 30.0 Å². The SMILES string of the molecule is CCC1NC(c2cccc(Cl)c2)N(C2CCCSC2)C1=O. The van der Waals surface area contributed by atoms with Crippen molar-refractivity contribution >= 4 is 29.3 Å². The molecule has 2 fully saturated rings. The number of rotatable bonds is 3. The van der Waals surface area contributed by atoms with Crippen molar-refractivity contribution in [3.8, 4) is 0 Å². The van der Waals surface area contributed by atoms with E-state index in [1.54, 1.807) is 0 Å². The lowest BCUT2D eigenvalue weighted by Crippen LogP contribution is -2.43. The summed E-state index contributed by atoms with van der Waals surface area (Å²) in [5, 5.41) is 4.21. The zero-order valence-corrected chi connectivity index (χ0v) is 13.8. The lowest BCUT2D eigenvalue weighted by molar-refractivity contribution is -0.132. The fourth-order valence-electron chi connectivity index (χ4n) is 3.21. The summed E-state index contributed by atoms with van der Waals surface area (Å²) >= 11 is 8.08. The summed E-state index contributed by atoms with van der Waals surface area (Å²) in [5.74, 6) is 2.50. The van der Waals surface area contributed by atoms with Gasteiger partial charge in [-0.05, 0) is 42.7 Å². The first-order chi connectivity index (χ1) is 10.2. The Hall–Kier alpha value is -0.710. The molecule has 1 amide bonds. The van der Waals surface area contributed by atoms with E-state index < -0.39 is 0 Å². The molecule has 1 aromatic rings. The normalized spacial score (nSPS) is 29.9. The monoisotopic (exact) mass is 324 g/mol. The van der Waals surface area contributed by atoms with Gasteiger partial charge in [0.25, 0.3) is 0 Å². The van der Waals surface area contributed by atoms with E-state index in [0.717, 1.165) is 29.2 Å². The molecule has 0 bridgehead atoms. The molecular formula is C16H21ClN2OS. The van der Waals surface area contributed by atoms with Crippen LogP contribution in [-0.2, 0) is 4.79 Å². The Morgan fingerprint density at radius 3 is 3.00 bits per heavy atom. The van der Waals surface area contributed by atoms with Crippen LogP contribution in [0, 0.1) is 0 Å². The van der Waals surface area contributed by atoms with Crippen LogP contribution in [0.2, 0.25) is 5.02 Å². The first-order valence-electron chi connectivity index (χ1n) is 7.62. The fraction of sp³-hybridized carbons (Fsp3) is 0.562. The first kappa shape index (κ1) is 15.2. The van der Waals surface area contributed by atoms with Crippen LogP contribution >= 0.6 is 23.4 Å². The fourth-order valence-corrected chi connectivity index (χ4v) is 4.54. The van der Waals surface area contributed by atoms with Crippen LogP contribution in [0.1, 0.15) is 37.9 Å². The smallest absolute Gasteiger partial charge is 0.241 e. The van der Waals surface area contributed by atoms with Gasteiger partial charge in [-0.3, -0.25) is 10.1 Å². The molecular weight excluding hydrogens is 304 g/mol. The molecule has 0 saturated carbocycles. The van der Waals surface area contributed by atoms with Crippen molar-refractivity contribution in [3.63, 3.8) is 0 Å². The van der Waals surface area contributed by atoms with E-state index in [-0.39, 0.29) is 18.1 Å². The molecule has 2 aliphatic heterocycles. The average molecular weight is 325 g/mol. The lowest BCUT2D eigenvalue weighted by atomic mass is 10.1. The second-order valence-corrected chi connectivity index (χ2v) is 7.29. The third-order valence-corrected chi connectivity index (χ3v) is 5.73. The topological polar surface area (TPSA) is 32.3 Å². The number of benzene rings is 1. The Morgan fingerprint density at radius 2 is 2.33 bits per heavy atom. The molecule has 1 aromatic carbocycles. The summed E-state index contributed by atoms with van der Waals surface area (Å²) in [6, 6.07) is 8.12. The average Bonchev–Trinajstić information content (AvgIpc) is 2.85. The molecule has 114 valence electrons. The van der Waals surface area contributed by atoms with Gasteiger partial charge in [0, 0.05) is 16.8 Å². The minimum Gasteiger partial charge on any atom is -0.318 e. The summed E-state index contributed by atoms with van der Waals surface area (Å²) in [6.07, 6.45) is 3.09. The maximum absolute atomic E-state index is 12.7. The van der Waals surface area contributed by atoms with E-state index in [2.05, 4.69) is 23.2 Å². The van der Waals surface area contributed by atoms with Gasteiger partial charge in [0.05, 0.1) is 6.04 Å². The summed E-state index contributed by atoms with van der Waals surface area (Å²) in [4.78, 5) is 14.8. The number of nitrogens with zero attached hydrogens (tertiary/aromatic N) is 1. The highest BCUT2D eigenvalue weighted by atomic mass is 35.5. The van der Waals surface area contributed by atoms with Gasteiger partial charge in [0.2, 0.25) is 5.91 Å². The molecule has 5 heteroatoms. The van der Waals surface area contributed by atoms with Crippen LogP contribution in [0.3, 0.4) is 0 Å². The Kier molecular flexibility index (Phi) is 4.77. The standard InChI is InChI=1S/C16H21ClN2OS/c1-2-14-16(20)19(13-7-4-8-21-10-13)15(18-14)11-5-3-6-12(17)9-11/h3,5-6,9,13-15,18H,2,4,7-8,10H2,1H3. The highest BCUT2D eigenvalue weighted by Gasteiger charge is 2.42. The highest BCUT2D eigenvalue weighted by Crippen LogP contribution is 2.34. The van der Waals surface area contributed by atoms with Crippen LogP contribution in [0.4, 0.5) is 0 Å². The number of thioether (sulfide) groups is 1. The van der Waals surface area contributed by atoms with Crippen molar-refractivity contribution < 1.29 is 4.79 Å². The summed E-state index contributed by atoms with van der Waals surface area (Å²) in [6.45, 7) is 2.06. The van der Waals surface area contributed by atoms with E-state index in [0.29, 0.717) is 6.04 Å². The third-order valence-electron chi connectivity index (χ3n) is 4.29. The van der Waals surface area contributed by atoms with Crippen molar-refractivity contribution in [2.24, 2.45) is 0 Å². The van der Waals surface area contributed by atoms with Gasteiger partial charge in [-0.2, -0.15) is 11.8 Å². The number of hydrogen-bond acceptors (Lipinski definition) is 3. The summed E-state index contributed by atoms with van der Waals surface area (Å²) in [7, 11) is 0. The van der Waals surface area contributed by atoms with Crippen molar-refractivity contribution in [3.05, 3.63) is 34.9 Å². The quantitative estimate of drug-likeness (QED) is 0.924. The van der Waals surface area contributed by atoms with Gasteiger partial charge in [-0.15, -0.1) is 0 Å². The van der Waals surface area contributed by atoms with Crippen molar-refractivity contribution in [1.29, 1.82) is 0 Å². The minimum absolute atomic E-state index is 0.0372. The zero-order valence-electron chi connectivity index (χ0n) is 12.2. The molecule has 2 saturated heterocycles. The maximum atomic E-state index is 12.7. The minimum atomic E-state index is -0.0686. The van der Waals surface area contributed by atoms with Gasteiger partial charge in [-0.1, -0.05) is 30.7 Å². The number of amides is 1. The van der Waals surface area contributed by atoms with Crippen molar-refractivity contribution in [2.75, 3.05) is 11.5 Å². The molecule has 2 aliphatic rings. The van der Waals surface area contributed by atoms with Crippen LogP contribution < -0.4 is 5.32 Å². The summed E-state index contributed by atoms with van der Waals surface area (Å²) in [5.41, 5.74) is 1.09. The molecule has 21 heavy (non-hydrogen) atoms. The zero-order chi connectivity index (χ0) is 14.8. The Bertz CT molecular complexity index is 519. The van der Waals surface area contributed by atoms with E-state index in [1.165, 1.54) is 12.2 Å². The van der Waals surface area contributed by atoms with Crippen LogP contribution in [0.5, 0.6) is 0 Å². The molecule has 0 spiro atoms. The molecule has 3 rings (SSSR count). The van der Waals surface area contributed by atoms with Crippen molar-refractivity contribution in [1.82, 2.24) is 10.2 Å². The van der Waals surface area contributed by atoms with Gasteiger partial charge >= 0.3 is 0 Å². The molecule has 1 N–H and O–H groups in total. The second-order valence-electron chi connectivity index (χ2n) is 5.70. The number of carbonyl (C=O) groups is 1. The number of hydrogen-bond donors (Lipinski definition) is 1.